The maximum atomic E-state index is 14.1. The van der Waals surface area contributed by atoms with Crippen molar-refractivity contribution in [3.63, 3.8) is 0 Å². The first kappa shape index (κ1) is 19.4. The van der Waals surface area contributed by atoms with Crippen LogP contribution in [-0.2, 0) is 0 Å². The second kappa shape index (κ2) is 8.65. The number of para-hydroxylation sites is 1. The van der Waals surface area contributed by atoms with Crippen LogP contribution in [0.15, 0.2) is 84.4 Å². The first-order chi connectivity index (χ1) is 13.6. The van der Waals surface area contributed by atoms with Gasteiger partial charge in [-0.1, -0.05) is 46.3 Å². The van der Waals surface area contributed by atoms with Gasteiger partial charge in [-0.2, -0.15) is 5.10 Å². The van der Waals surface area contributed by atoms with E-state index in [4.69, 9.17) is 0 Å². The van der Waals surface area contributed by atoms with Gasteiger partial charge in [0.25, 0.3) is 0 Å². The van der Waals surface area contributed by atoms with Crippen molar-refractivity contribution in [3.05, 3.63) is 90.5 Å². The van der Waals surface area contributed by atoms with Crippen molar-refractivity contribution in [1.29, 1.82) is 0 Å². The van der Waals surface area contributed by atoms with Crippen LogP contribution in [0, 0.1) is 5.82 Å². The lowest BCUT2D eigenvalue weighted by Gasteiger charge is -2.02. The van der Waals surface area contributed by atoms with Crippen LogP contribution in [0.4, 0.5) is 10.1 Å². The van der Waals surface area contributed by atoms with Gasteiger partial charge in [-0.25, -0.2) is 14.1 Å². The van der Waals surface area contributed by atoms with Crippen LogP contribution in [-0.4, -0.2) is 10.9 Å². The number of rotatable bonds is 4. The van der Waals surface area contributed by atoms with Gasteiger partial charge in [-0.3, -0.25) is 0 Å². The summed E-state index contributed by atoms with van der Waals surface area (Å²) < 4.78 is 17.8. The Balaban J connectivity index is 1.87. The number of thiazole rings is 1. The minimum Gasteiger partial charge on any atom is -0.217 e. The molecule has 4 rings (SSSR count). The Hall–Kier alpha value is -1.87. The Labute approximate surface area is 185 Å². The summed E-state index contributed by atoms with van der Waals surface area (Å²) in [7, 11) is 0. The normalized spacial score (nSPS) is 12.2. The molecule has 0 aliphatic rings. The molecule has 0 saturated carbocycles. The highest BCUT2D eigenvalue weighted by Crippen LogP contribution is 2.31. The summed E-state index contributed by atoms with van der Waals surface area (Å²) in [6.07, 6.45) is 1.77. The lowest BCUT2D eigenvalue weighted by molar-refractivity contribution is 0.628. The topological polar surface area (TPSA) is 29.6 Å². The van der Waals surface area contributed by atoms with E-state index >= 15 is 0 Å². The van der Waals surface area contributed by atoms with Crippen LogP contribution >= 0.6 is 54.5 Å². The number of halogens is 3. The molecule has 8 heteroatoms. The molecule has 0 radical (unpaired) electrons. The van der Waals surface area contributed by atoms with Crippen molar-refractivity contribution in [2.45, 2.75) is 0 Å². The molecule has 0 aliphatic carbocycles. The Morgan fingerprint density at radius 1 is 0.964 bits per heavy atom. The molecular formula is C20H12Br2FN3S2. The number of benzene rings is 2. The van der Waals surface area contributed by atoms with E-state index in [-0.39, 0.29) is 11.5 Å². The molecule has 0 aliphatic heterocycles. The zero-order valence-corrected chi connectivity index (χ0v) is 19.0. The summed E-state index contributed by atoms with van der Waals surface area (Å²) in [5, 5.41) is 6.64. The van der Waals surface area contributed by atoms with E-state index in [0.29, 0.717) is 4.80 Å². The van der Waals surface area contributed by atoms with Crippen molar-refractivity contribution in [2.75, 3.05) is 0 Å². The summed E-state index contributed by atoms with van der Waals surface area (Å²) >= 11 is 10.1. The van der Waals surface area contributed by atoms with Crippen LogP contribution in [0.2, 0.25) is 0 Å². The SMILES string of the molecule is Fc1ccccc1N=c1scc(-c2ccc(Br)s2)n1/N=C/c1ccccc1Br. The minimum atomic E-state index is -0.363. The molecule has 0 atom stereocenters. The molecule has 0 N–H and O–H groups in total. The summed E-state index contributed by atoms with van der Waals surface area (Å²) in [6.45, 7) is 0. The van der Waals surface area contributed by atoms with Gasteiger partial charge >= 0.3 is 0 Å². The molecule has 2 aromatic heterocycles. The lowest BCUT2D eigenvalue weighted by atomic mass is 10.2. The number of thiophene rings is 1. The zero-order valence-electron chi connectivity index (χ0n) is 14.2. The zero-order chi connectivity index (χ0) is 19.5. The first-order valence-corrected chi connectivity index (χ1v) is 11.4. The summed E-state index contributed by atoms with van der Waals surface area (Å²) in [4.78, 5) is 6.14. The fraction of sp³-hybridized carbons (Fsp3) is 0. The van der Waals surface area contributed by atoms with Crippen molar-refractivity contribution in [1.82, 2.24) is 4.68 Å². The third-order valence-electron chi connectivity index (χ3n) is 3.80. The molecule has 2 heterocycles. The van der Waals surface area contributed by atoms with Gasteiger partial charge in [0.2, 0.25) is 4.80 Å². The number of hydrogen-bond donors (Lipinski definition) is 0. The third kappa shape index (κ3) is 4.25. The van der Waals surface area contributed by atoms with Crippen molar-refractivity contribution in [2.24, 2.45) is 10.1 Å². The molecule has 0 fully saturated rings. The van der Waals surface area contributed by atoms with E-state index in [1.807, 2.05) is 41.8 Å². The van der Waals surface area contributed by atoms with Crippen LogP contribution < -0.4 is 4.80 Å². The maximum Gasteiger partial charge on any atom is 0.211 e. The van der Waals surface area contributed by atoms with Crippen LogP contribution in [0.3, 0.4) is 0 Å². The van der Waals surface area contributed by atoms with Crippen molar-refractivity contribution in [3.8, 4) is 10.6 Å². The fourth-order valence-electron chi connectivity index (χ4n) is 2.46. The Morgan fingerprint density at radius 3 is 2.50 bits per heavy atom. The fourth-order valence-corrected chi connectivity index (χ4v) is 5.15. The van der Waals surface area contributed by atoms with E-state index < -0.39 is 0 Å². The number of aromatic nitrogens is 1. The van der Waals surface area contributed by atoms with Gasteiger partial charge < -0.3 is 0 Å². The van der Waals surface area contributed by atoms with E-state index in [2.05, 4.69) is 42.0 Å². The van der Waals surface area contributed by atoms with Crippen molar-refractivity contribution < 1.29 is 4.39 Å². The molecule has 0 amide bonds. The predicted octanol–water partition coefficient (Wildman–Crippen LogP) is 7.06. The highest BCUT2D eigenvalue weighted by Gasteiger charge is 2.11. The van der Waals surface area contributed by atoms with Crippen molar-refractivity contribution >= 4 is 66.4 Å². The molecule has 0 bridgehead atoms. The first-order valence-electron chi connectivity index (χ1n) is 8.16. The van der Waals surface area contributed by atoms with Crippen LogP contribution in [0.1, 0.15) is 5.56 Å². The van der Waals surface area contributed by atoms with Gasteiger partial charge in [0, 0.05) is 15.4 Å². The molecule has 0 saturated heterocycles. The molecule has 28 heavy (non-hydrogen) atoms. The molecule has 2 aromatic carbocycles. The predicted molar refractivity (Wildman–Crippen MR) is 122 cm³/mol. The van der Waals surface area contributed by atoms with E-state index in [1.165, 1.54) is 17.4 Å². The number of nitrogens with zero attached hydrogens (tertiary/aromatic N) is 3. The highest BCUT2D eigenvalue weighted by molar-refractivity contribution is 9.11. The Bertz CT molecular complexity index is 1220. The van der Waals surface area contributed by atoms with Crippen LogP contribution in [0.5, 0.6) is 0 Å². The summed E-state index contributed by atoms with van der Waals surface area (Å²) in [5.41, 5.74) is 2.13. The second-order valence-corrected chi connectivity index (χ2v) is 9.80. The van der Waals surface area contributed by atoms with Crippen LogP contribution in [0.25, 0.3) is 10.6 Å². The maximum absolute atomic E-state index is 14.1. The lowest BCUT2D eigenvalue weighted by Crippen LogP contribution is -2.11. The molecule has 0 unspecified atom stereocenters. The Kier molecular flexibility index (Phi) is 6.01. The van der Waals surface area contributed by atoms with Gasteiger partial charge in [0.15, 0.2) is 0 Å². The monoisotopic (exact) mass is 535 g/mol. The van der Waals surface area contributed by atoms with E-state index in [1.54, 1.807) is 40.4 Å². The van der Waals surface area contributed by atoms with E-state index in [0.717, 1.165) is 24.4 Å². The summed E-state index contributed by atoms with van der Waals surface area (Å²) in [6, 6.07) is 18.3. The molecule has 4 aromatic rings. The van der Waals surface area contributed by atoms with Gasteiger partial charge in [-0.05, 0) is 46.3 Å². The van der Waals surface area contributed by atoms with Gasteiger partial charge in [0.1, 0.15) is 11.5 Å². The van der Waals surface area contributed by atoms with Gasteiger partial charge in [-0.15, -0.1) is 22.7 Å². The number of hydrogen-bond acceptors (Lipinski definition) is 4. The van der Waals surface area contributed by atoms with Gasteiger partial charge in [0.05, 0.1) is 20.6 Å². The quantitative estimate of drug-likeness (QED) is 0.250. The molecule has 140 valence electrons. The largest absolute Gasteiger partial charge is 0.217 e. The average molecular weight is 537 g/mol. The average Bonchev–Trinajstić information content (AvgIpc) is 3.29. The minimum absolute atomic E-state index is 0.285. The highest BCUT2D eigenvalue weighted by atomic mass is 79.9. The molecule has 0 spiro atoms. The summed E-state index contributed by atoms with van der Waals surface area (Å²) in [5.74, 6) is -0.363. The molecular weight excluding hydrogens is 525 g/mol. The van der Waals surface area contributed by atoms with E-state index in [9.17, 15) is 4.39 Å². The standard InChI is InChI=1S/C20H12Br2FN3S2/c21-14-6-2-1-5-13(14)11-24-26-17(18-9-10-19(22)28-18)12-27-20(26)25-16-8-4-3-7-15(16)23/h1-12H/b24-11+,25-20?. The smallest absolute Gasteiger partial charge is 0.211 e. The third-order valence-corrected chi connectivity index (χ3v) is 6.98. The second-order valence-electron chi connectivity index (χ2n) is 5.65. The molecule has 3 nitrogen and oxygen atoms in total. The Morgan fingerprint density at radius 2 is 1.75 bits per heavy atom.